The van der Waals surface area contributed by atoms with Gasteiger partial charge in [-0.15, -0.1) is 5.10 Å². The molecule has 2 N–H and O–H groups in total. The molecule has 0 atom stereocenters. The molecule has 0 bridgehead atoms. The van der Waals surface area contributed by atoms with E-state index in [0.717, 1.165) is 55.9 Å². The van der Waals surface area contributed by atoms with Crippen molar-refractivity contribution in [3.63, 3.8) is 0 Å². The van der Waals surface area contributed by atoms with Crippen LogP contribution in [0.1, 0.15) is 32.1 Å². The molecule has 3 rings (SSSR count). The molecule has 2 aromatic rings. The molecule has 9 nitrogen and oxygen atoms in total. The lowest BCUT2D eigenvalue weighted by atomic mass is 10.0. The lowest BCUT2D eigenvalue weighted by Gasteiger charge is -2.18. The molecule has 1 fully saturated rings. The molecule has 140 valence electrons. The number of hydrogen-bond acceptors (Lipinski definition) is 6. The van der Waals surface area contributed by atoms with Crippen molar-refractivity contribution in [2.24, 2.45) is 0 Å². The van der Waals surface area contributed by atoms with E-state index in [-0.39, 0.29) is 9.44 Å². The topological polar surface area (TPSA) is 131 Å². The molecule has 2 heterocycles. The Morgan fingerprint density at radius 3 is 2.15 bits per heavy atom. The van der Waals surface area contributed by atoms with E-state index in [1.165, 1.54) is 0 Å². The third kappa shape index (κ3) is 3.36. The van der Waals surface area contributed by atoms with Crippen LogP contribution in [0.25, 0.3) is 0 Å². The molecule has 1 saturated carbocycles. The van der Waals surface area contributed by atoms with E-state index in [4.69, 9.17) is 0 Å². The van der Waals surface area contributed by atoms with Gasteiger partial charge in [-0.25, -0.2) is 16.8 Å². The smallest absolute Gasteiger partial charge is 0.285 e. The van der Waals surface area contributed by atoms with Crippen LogP contribution < -0.4 is 9.27 Å². The van der Waals surface area contributed by atoms with Gasteiger partial charge in [0.25, 0.3) is 0 Å². The minimum Gasteiger partial charge on any atom is -0.285 e. The number of aromatic nitrogens is 3. The number of sulfone groups is 2. The summed E-state index contributed by atoms with van der Waals surface area (Å²) in [4.78, 5) is 12.1. The minimum absolute atomic E-state index is 0.00795. The van der Waals surface area contributed by atoms with Crippen molar-refractivity contribution in [3.8, 4) is 0 Å². The molecule has 1 aliphatic rings. The highest BCUT2D eigenvalue weighted by molar-refractivity contribution is 7.92. The van der Waals surface area contributed by atoms with Gasteiger partial charge in [-0.05, 0) is 18.9 Å². The van der Waals surface area contributed by atoms with Gasteiger partial charge in [0.2, 0.25) is 32.1 Å². The zero-order valence-electron chi connectivity index (χ0n) is 13.8. The summed E-state index contributed by atoms with van der Waals surface area (Å²) in [5.74, 6) is 0. The third-order valence-corrected chi connectivity index (χ3v) is 8.39. The van der Waals surface area contributed by atoms with Crippen molar-refractivity contribution in [3.05, 3.63) is 41.6 Å². The maximum Gasteiger partial charge on any atom is 0.382 e. The van der Waals surface area contributed by atoms with Crippen molar-refractivity contribution in [1.82, 2.24) is 5.10 Å². The maximum atomic E-state index is 12.7. The number of nitrogens with one attached hydrogen (secondary N) is 1. The summed E-state index contributed by atoms with van der Waals surface area (Å²) in [5, 5.41) is 9.73. The van der Waals surface area contributed by atoms with Crippen LogP contribution in [0.4, 0.5) is 0 Å². The predicted octanol–water partition coefficient (Wildman–Crippen LogP) is 0.393. The van der Waals surface area contributed by atoms with Crippen LogP contribution in [0.2, 0.25) is 0 Å². The van der Waals surface area contributed by atoms with Crippen LogP contribution >= 0.6 is 0 Å². The monoisotopic (exact) mass is 401 g/mol. The number of aromatic amines is 1. The largest absolute Gasteiger partial charge is 0.382 e. The van der Waals surface area contributed by atoms with Gasteiger partial charge in [0, 0.05) is 22.9 Å². The van der Waals surface area contributed by atoms with Crippen molar-refractivity contribution in [2.75, 3.05) is 0 Å². The van der Waals surface area contributed by atoms with E-state index in [9.17, 15) is 26.9 Å². The van der Waals surface area contributed by atoms with Crippen LogP contribution in [0.5, 0.6) is 0 Å². The normalized spacial score (nSPS) is 16.5. The van der Waals surface area contributed by atoms with E-state index >= 15 is 0 Å². The molecule has 0 spiro atoms. The predicted molar refractivity (Wildman–Crippen MR) is 87.5 cm³/mol. The quantitative estimate of drug-likeness (QED) is 0.563. The Kier molecular flexibility index (Phi) is 4.84. The SMILES string of the molecule is O=[n+]1[nH]c(S(=O)(=O)c2cc[n+](O)cc2)ccc1S(=O)(=O)C1CCCCC1. The molecule has 0 saturated heterocycles. The standard InChI is InChI=1S/C15H19N3O6S2/c19-17-10-8-13(9-11-17)25(21,22)14-6-7-15(18(20)16-14)26(23,24)12-4-2-1-3-5-12/h6-12,19H,1-5H2,(H,16,20)/q+2. The van der Waals surface area contributed by atoms with Gasteiger partial charge in [0.05, 0.1) is 15.1 Å². The molecule has 11 heteroatoms. The summed E-state index contributed by atoms with van der Waals surface area (Å²) in [6, 6.07) is 4.41. The van der Waals surface area contributed by atoms with E-state index in [1.807, 2.05) is 0 Å². The molecule has 26 heavy (non-hydrogen) atoms. The summed E-state index contributed by atoms with van der Waals surface area (Å²) >= 11 is 0. The van der Waals surface area contributed by atoms with Crippen molar-refractivity contribution in [2.45, 2.75) is 52.3 Å². The van der Waals surface area contributed by atoms with Crippen molar-refractivity contribution in [1.29, 1.82) is 0 Å². The second kappa shape index (κ2) is 6.80. The number of H-pyrrole nitrogens is 1. The fourth-order valence-electron chi connectivity index (χ4n) is 3.02. The first kappa shape index (κ1) is 18.5. The van der Waals surface area contributed by atoms with Gasteiger partial charge >= 0.3 is 5.03 Å². The molecule has 0 amide bonds. The Hall–Kier alpha value is -2.27. The van der Waals surface area contributed by atoms with Gasteiger partial charge in [0.15, 0.2) is 9.57 Å². The number of pyridine rings is 1. The molecule has 0 unspecified atom stereocenters. The first-order valence-electron chi connectivity index (χ1n) is 8.08. The van der Waals surface area contributed by atoms with Crippen LogP contribution in [0.3, 0.4) is 0 Å². The van der Waals surface area contributed by atoms with Crippen LogP contribution in [0.15, 0.2) is 51.6 Å². The van der Waals surface area contributed by atoms with E-state index in [0.29, 0.717) is 17.6 Å². The van der Waals surface area contributed by atoms with E-state index < -0.39 is 35.0 Å². The third-order valence-electron chi connectivity index (χ3n) is 4.45. The fourth-order valence-corrected chi connectivity index (χ4v) is 6.04. The van der Waals surface area contributed by atoms with E-state index in [2.05, 4.69) is 5.10 Å². The molecule has 2 aromatic heterocycles. The number of nitrogens with zero attached hydrogens (tertiary/aromatic N) is 2. The first-order chi connectivity index (χ1) is 12.2. The van der Waals surface area contributed by atoms with Gasteiger partial charge < -0.3 is 0 Å². The Morgan fingerprint density at radius 1 is 0.962 bits per heavy atom. The molecule has 1 aliphatic carbocycles. The Labute approximate surface area is 150 Å². The molecular formula is C15H19N3O6S2+2. The Bertz CT molecular complexity index is 1070. The van der Waals surface area contributed by atoms with Crippen LogP contribution in [-0.2, 0) is 19.7 Å². The summed E-state index contributed by atoms with van der Waals surface area (Å²) in [6.45, 7) is 0. The first-order valence-corrected chi connectivity index (χ1v) is 11.1. The fraction of sp³-hybridized carbons (Fsp3) is 0.400. The van der Waals surface area contributed by atoms with Gasteiger partial charge in [-0.2, -0.15) is 0 Å². The molecule has 0 aromatic carbocycles. The average molecular weight is 401 g/mol. The molecule has 0 aliphatic heterocycles. The van der Waals surface area contributed by atoms with Gasteiger partial charge in [-0.3, -0.25) is 5.21 Å². The van der Waals surface area contributed by atoms with Crippen LogP contribution in [-0.4, -0.2) is 32.4 Å². The van der Waals surface area contributed by atoms with Gasteiger partial charge in [0.1, 0.15) is 0 Å². The second-order valence-electron chi connectivity index (χ2n) is 6.16. The highest BCUT2D eigenvalue weighted by atomic mass is 32.2. The van der Waals surface area contributed by atoms with Crippen LogP contribution in [0, 0.1) is 4.91 Å². The molecular weight excluding hydrogens is 382 g/mol. The highest BCUT2D eigenvalue weighted by Gasteiger charge is 2.37. The maximum absolute atomic E-state index is 12.7. The number of rotatable bonds is 4. The van der Waals surface area contributed by atoms with E-state index in [1.54, 1.807) is 0 Å². The van der Waals surface area contributed by atoms with Crippen molar-refractivity contribution < 1.29 is 31.3 Å². The Morgan fingerprint density at radius 2 is 1.58 bits per heavy atom. The minimum atomic E-state index is -4.06. The zero-order chi connectivity index (χ0) is 18.9. The summed E-state index contributed by atoms with van der Waals surface area (Å²) in [6.07, 6.45) is 5.79. The van der Waals surface area contributed by atoms with Gasteiger partial charge in [-0.1, -0.05) is 19.3 Å². The average Bonchev–Trinajstić information content (AvgIpc) is 2.62. The Balaban J connectivity index is 2.00. The number of hydrogen-bond donors (Lipinski definition) is 2. The highest BCUT2D eigenvalue weighted by Crippen LogP contribution is 2.27. The lowest BCUT2D eigenvalue weighted by Crippen LogP contribution is -2.35. The zero-order valence-corrected chi connectivity index (χ0v) is 15.4. The summed E-state index contributed by atoms with van der Waals surface area (Å²) in [7, 11) is -7.90. The summed E-state index contributed by atoms with van der Waals surface area (Å²) in [5.41, 5.74) is 0. The molecule has 0 radical (unpaired) electrons. The van der Waals surface area contributed by atoms with Crippen molar-refractivity contribution >= 4 is 19.7 Å². The second-order valence-corrected chi connectivity index (χ2v) is 10.3. The lowest BCUT2D eigenvalue weighted by molar-refractivity contribution is -0.905. The summed E-state index contributed by atoms with van der Waals surface area (Å²) < 4.78 is 51.1.